The van der Waals surface area contributed by atoms with Crippen LogP contribution < -0.4 is 29.6 Å². The van der Waals surface area contributed by atoms with E-state index < -0.39 is 7.82 Å². The molecule has 0 unspecified atom stereocenters. The molecule has 0 spiro atoms. The zero-order valence-corrected chi connectivity index (χ0v) is 7.34. The molecular formula is C2H6NaO4P. The third-order valence-corrected chi connectivity index (χ3v) is 0.636. The van der Waals surface area contributed by atoms with E-state index >= 15 is 0 Å². The molecule has 0 aliphatic rings. The fraction of sp³-hybridized carbons (Fsp3) is 0. The van der Waals surface area contributed by atoms with Crippen LogP contribution in [0.2, 0.25) is 0 Å². The molecule has 0 amide bonds. The van der Waals surface area contributed by atoms with Crippen LogP contribution in [-0.4, -0.2) is 9.79 Å². The Balaban J connectivity index is -0.000000180. The molecule has 0 aliphatic heterocycles. The second-order valence-electron chi connectivity index (χ2n) is 0.763. The third-order valence-electron chi connectivity index (χ3n) is 0.212. The van der Waals surface area contributed by atoms with E-state index in [-0.39, 0.29) is 31.0 Å². The van der Waals surface area contributed by atoms with Crippen molar-refractivity contribution >= 4 is 7.82 Å². The van der Waals surface area contributed by atoms with Gasteiger partial charge in [-0.05, 0) is 0 Å². The molecule has 0 aromatic rings. The normalized spacial score (nSPS) is 9.25. The summed E-state index contributed by atoms with van der Waals surface area (Å²) in [6.07, 6.45) is 0.695. The van der Waals surface area contributed by atoms with Crippen LogP contribution in [-0.2, 0) is 9.09 Å². The van der Waals surface area contributed by atoms with Crippen molar-refractivity contribution in [3.63, 3.8) is 0 Å². The number of hydrogen-bond acceptors (Lipinski definition) is 2. The van der Waals surface area contributed by atoms with Gasteiger partial charge in [0.25, 0.3) is 0 Å². The summed E-state index contributed by atoms with van der Waals surface area (Å²) in [5.74, 6) is 0. The standard InChI is InChI=1S/C2H5O4P.Na.H/c1-2-6-7(3,4)5;;/h2H,1H2,(H2,3,4,5);;/q;+1;-1. The van der Waals surface area contributed by atoms with E-state index in [9.17, 15) is 4.57 Å². The summed E-state index contributed by atoms with van der Waals surface area (Å²) in [6, 6.07) is 0. The van der Waals surface area contributed by atoms with Crippen molar-refractivity contribution < 1.29 is 49.9 Å². The maximum Gasteiger partial charge on any atom is 1.00 e. The van der Waals surface area contributed by atoms with E-state index in [4.69, 9.17) is 9.79 Å². The van der Waals surface area contributed by atoms with Gasteiger partial charge >= 0.3 is 37.4 Å². The van der Waals surface area contributed by atoms with E-state index in [2.05, 4.69) is 11.1 Å². The van der Waals surface area contributed by atoms with Gasteiger partial charge in [0.1, 0.15) is 0 Å². The molecule has 4 nitrogen and oxygen atoms in total. The van der Waals surface area contributed by atoms with Crippen LogP contribution in [0.4, 0.5) is 0 Å². The Hall–Kier alpha value is 0.690. The molecule has 0 atom stereocenters. The first-order valence-corrected chi connectivity index (χ1v) is 2.94. The molecule has 0 rings (SSSR count). The predicted octanol–water partition coefficient (Wildman–Crippen LogP) is -2.64. The number of phosphoric acid groups is 1. The van der Waals surface area contributed by atoms with Crippen LogP contribution in [0, 0.1) is 0 Å². The molecule has 44 valence electrons. The first-order valence-electron chi connectivity index (χ1n) is 1.41. The van der Waals surface area contributed by atoms with Crippen molar-refractivity contribution in [2.75, 3.05) is 0 Å². The van der Waals surface area contributed by atoms with E-state index in [1.165, 1.54) is 0 Å². The molecule has 0 saturated heterocycles. The van der Waals surface area contributed by atoms with Gasteiger partial charge in [0, 0.05) is 0 Å². The average molecular weight is 148 g/mol. The van der Waals surface area contributed by atoms with E-state index in [0.29, 0.717) is 6.26 Å². The fourth-order valence-electron chi connectivity index (χ4n) is 0.0971. The van der Waals surface area contributed by atoms with Crippen LogP contribution in [0.15, 0.2) is 12.8 Å². The molecule has 0 heterocycles. The van der Waals surface area contributed by atoms with Crippen molar-refractivity contribution in [1.82, 2.24) is 0 Å². The van der Waals surface area contributed by atoms with E-state index in [1.807, 2.05) is 0 Å². The molecular weight excluding hydrogens is 142 g/mol. The smallest absolute Gasteiger partial charge is 1.00 e. The van der Waals surface area contributed by atoms with Gasteiger partial charge in [-0.25, -0.2) is 4.57 Å². The van der Waals surface area contributed by atoms with Gasteiger partial charge in [0.15, 0.2) is 0 Å². The molecule has 0 aliphatic carbocycles. The van der Waals surface area contributed by atoms with Crippen molar-refractivity contribution in [3.8, 4) is 0 Å². The van der Waals surface area contributed by atoms with Gasteiger partial charge < -0.3 is 5.95 Å². The van der Waals surface area contributed by atoms with Gasteiger partial charge in [-0.2, -0.15) is 0 Å². The zero-order valence-electron chi connectivity index (χ0n) is 5.44. The summed E-state index contributed by atoms with van der Waals surface area (Å²) >= 11 is 0. The van der Waals surface area contributed by atoms with Crippen molar-refractivity contribution in [2.45, 2.75) is 0 Å². The summed E-state index contributed by atoms with van der Waals surface area (Å²) in [5, 5.41) is 0. The monoisotopic (exact) mass is 148 g/mol. The maximum absolute atomic E-state index is 9.63. The summed E-state index contributed by atoms with van der Waals surface area (Å²) < 4.78 is 13.3. The Morgan fingerprint density at radius 2 is 2.12 bits per heavy atom. The minimum absolute atomic E-state index is 0. The fourth-order valence-corrected chi connectivity index (χ4v) is 0.291. The van der Waals surface area contributed by atoms with Crippen molar-refractivity contribution in [2.24, 2.45) is 0 Å². The van der Waals surface area contributed by atoms with Gasteiger partial charge in [0.2, 0.25) is 0 Å². The molecule has 0 saturated carbocycles. The van der Waals surface area contributed by atoms with Crippen LogP contribution in [0.25, 0.3) is 0 Å². The summed E-state index contributed by atoms with van der Waals surface area (Å²) in [6.45, 7) is 2.93. The molecule has 6 heteroatoms. The quantitative estimate of drug-likeness (QED) is 0.255. The SMILES string of the molecule is C=COP(=O)(O)O.[H-].[Na+]. The third kappa shape index (κ3) is 9.85. The summed E-state index contributed by atoms with van der Waals surface area (Å²) in [7, 11) is -4.28. The molecule has 0 radical (unpaired) electrons. The molecule has 0 aromatic heterocycles. The zero-order chi connectivity index (χ0) is 5.91. The Morgan fingerprint density at radius 1 is 1.75 bits per heavy atom. The largest absolute Gasteiger partial charge is 1.00 e. The summed E-state index contributed by atoms with van der Waals surface area (Å²) in [4.78, 5) is 15.7. The Bertz CT molecular complexity index is 111. The topological polar surface area (TPSA) is 66.8 Å². The second kappa shape index (κ2) is 4.56. The summed E-state index contributed by atoms with van der Waals surface area (Å²) in [5.41, 5.74) is 0. The van der Waals surface area contributed by atoms with Gasteiger partial charge in [-0.1, -0.05) is 6.58 Å². The predicted molar refractivity (Wildman–Crippen MR) is 24.4 cm³/mol. The van der Waals surface area contributed by atoms with Crippen LogP contribution >= 0.6 is 7.82 Å². The molecule has 2 N–H and O–H groups in total. The second-order valence-corrected chi connectivity index (χ2v) is 1.95. The molecule has 0 aromatic carbocycles. The number of hydrogen-bond donors (Lipinski definition) is 2. The van der Waals surface area contributed by atoms with Gasteiger partial charge in [-0.3, -0.25) is 9.79 Å². The van der Waals surface area contributed by atoms with Crippen molar-refractivity contribution in [3.05, 3.63) is 12.8 Å². The number of rotatable bonds is 2. The van der Waals surface area contributed by atoms with Gasteiger partial charge in [0.05, 0.1) is 6.26 Å². The van der Waals surface area contributed by atoms with Crippen LogP contribution in [0.5, 0.6) is 0 Å². The van der Waals surface area contributed by atoms with Crippen LogP contribution in [0.1, 0.15) is 1.43 Å². The molecule has 8 heavy (non-hydrogen) atoms. The first-order chi connectivity index (χ1) is 3.06. The average Bonchev–Trinajstić information content (AvgIpc) is 1.30. The van der Waals surface area contributed by atoms with E-state index in [0.717, 1.165) is 0 Å². The molecule has 0 bridgehead atoms. The Morgan fingerprint density at radius 3 is 2.12 bits per heavy atom. The minimum atomic E-state index is -4.28. The maximum atomic E-state index is 9.63. The Kier molecular flexibility index (Phi) is 6.54. The molecule has 0 fully saturated rings. The first kappa shape index (κ1) is 11.5. The van der Waals surface area contributed by atoms with Crippen molar-refractivity contribution in [1.29, 1.82) is 0 Å². The number of phosphoric ester groups is 1. The van der Waals surface area contributed by atoms with Crippen LogP contribution in [0.3, 0.4) is 0 Å². The Labute approximate surface area is 70.6 Å². The van der Waals surface area contributed by atoms with E-state index in [1.54, 1.807) is 0 Å². The minimum Gasteiger partial charge on any atom is -1.00 e. The van der Waals surface area contributed by atoms with Gasteiger partial charge in [-0.15, -0.1) is 0 Å².